The van der Waals surface area contributed by atoms with Crippen LogP contribution in [-0.4, -0.2) is 31.8 Å². The van der Waals surface area contributed by atoms with Gasteiger partial charge in [0.2, 0.25) is 0 Å². The van der Waals surface area contributed by atoms with E-state index in [9.17, 15) is 8.42 Å². The number of hydrogen-bond donors (Lipinski definition) is 1. The van der Waals surface area contributed by atoms with Gasteiger partial charge in [-0.1, -0.05) is 0 Å². The topological polar surface area (TPSA) is 90.4 Å². The average Bonchev–Trinajstić information content (AvgIpc) is 2.75. The van der Waals surface area contributed by atoms with Crippen LogP contribution in [0.1, 0.15) is 17.7 Å². The summed E-state index contributed by atoms with van der Waals surface area (Å²) in [5.41, 5.74) is 1.61. The van der Waals surface area contributed by atoms with Crippen LogP contribution in [0.5, 0.6) is 11.5 Å². The minimum Gasteiger partial charge on any atom is -0.490 e. The molecule has 1 aliphatic rings. The monoisotopic (exact) mass is 335 g/mol. The summed E-state index contributed by atoms with van der Waals surface area (Å²) < 4.78 is 38.4. The van der Waals surface area contributed by atoms with Crippen LogP contribution >= 0.6 is 0 Å². The first-order valence-electron chi connectivity index (χ1n) is 7.19. The Kier molecular flexibility index (Phi) is 4.08. The molecule has 0 spiro atoms. The van der Waals surface area contributed by atoms with Crippen LogP contribution in [0.3, 0.4) is 0 Å². The smallest absolute Gasteiger partial charge is 0.263 e. The normalized spacial score (nSPS) is 14.2. The maximum atomic E-state index is 12.5. The predicted octanol–water partition coefficient (Wildman–Crippen LogP) is 2.06. The second kappa shape index (κ2) is 6.04. The van der Waals surface area contributed by atoms with E-state index >= 15 is 0 Å². The average molecular weight is 335 g/mol. The van der Waals surface area contributed by atoms with Gasteiger partial charge in [-0.3, -0.25) is 4.72 Å². The van der Waals surface area contributed by atoms with Gasteiger partial charge < -0.3 is 9.47 Å². The molecule has 0 unspecified atom stereocenters. The molecular formula is C15H17N3O4S. The molecular weight excluding hydrogens is 318 g/mol. The molecule has 0 amide bonds. The lowest BCUT2D eigenvalue weighted by atomic mass is 10.2. The molecule has 0 atom stereocenters. The van der Waals surface area contributed by atoms with E-state index in [4.69, 9.17) is 9.47 Å². The lowest BCUT2D eigenvalue weighted by molar-refractivity contribution is 0.297. The number of benzene rings is 1. The maximum Gasteiger partial charge on any atom is 0.263 e. The molecule has 0 saturated heterocycles. The molecule has 1 aromatic carbocycles. The van der Waals surface area contributed by atoms with Crippen molar-refractivity contribution in [3.8, 4) is 11.5 Å². The SMILES string of the molecule is Cc1cc(NS(=O)(=O)c2ccc3c(c2)OCCCO3)nnc1C. The van der Waals surface area contributed by atoms with Gasteiger partial charge in [-0.05, 0) is 37.6 Å². The molecule has 2 heterocycles. The molecule has 1 N–H and O–H groups in total. The Hall–Kier alpha value is -2.35. The zero-order valence-electron chi connectivity index (χ0n) is 12.9. The highest BCUT2D eigenvalue weighted by Crippen LogP contribution is 2.32. The molecule has 0 fully saturated rings. The van der Waals surface area contributed by atoms with Crippen molar-refractivity contribution >= 4 is 15.8 Å². The zero-order chi connectivity index (χ0) is 16.4. The van der Waals surface area contributed by atoms with Gasteiger partial charge in [0.05, 0.1) is 23.8 Å². The summed E-state index contributed by atoms with van der Waals surface area (Å²) in [6.07, 6.45) is 0.757. The van der Waals surface area contributed by atoms with Gasteiger partial charge in [-0.2, -0.15) is 5.10 Å². The lowest BCUT2D eigenvalue weighted by Crippen LogP contribution is -2.15. The van der Waals surface area contributed by atoms with Gasteiger partial charge in [0.15, 0.2) is 17.3 Å². The molecule has 0 aliphatic carbocycles. The Morgan fingerprint density at radius 2 is 1.78 bits per heavy atom. The first-order chi connectivity index (χ1) is 11.0. The van der Waals surface area contributed by atoms with Gasteiger partial charge in [0.25, 0.3) is 10.0 Å². The number of aryl methyl sites for hydroxylation is 2. The van der Waals surface area contributed by atoms with Gasteiger partial charge in [-0.25, -0.2) is 8.42 Å². The summed E-state index contributed by atoms with van der Waals surface area (Å²) in [5.74, 6) is 1.16. The predicted molar refractivity (Wildman–Crippen MR) is 84.4 cm³/mol. The Morgan fingerprint density at radius 3 is 2.52 bits per heavy atom. The third kappa shape index (κ3) is 3.37. The van der Waals surface area contributed by atoms with Gasteiger partial charge in [-0.15, -0.1) is 5.10 Å². The minimum absolute atomic E-state index is 0.0850. The number of anilines is 1. The Labute approximate surface area is 134 Å². The summed E-state index contributed by atoms with van der Waals surface area (Å²) in [6, 6.07) is 6.17. The van der Waals surface area contributed by atoms with E-state index in [0.717, 1.165) is 17.7 Å². The summed E-state index contributed by atoms with van der Waals surface area (Å²) in [7, 11) is -3.78. The Bertz CT molecular complexity index is 837. The first kappa shape index (κ1) is 15.5. The van der Waals surface area contributed by atoms with E-state index < -0.39 is 10.0 Å². The number of ether oxygens (including phenoxy) is 2. The molecule has 7 nitrogen and oxygen atoms in total. The number of nitrogens with zero attached hydrogens (tertiary/aromatic N) is 2. The van der Waals surface area contributed by atoms with Crippen molar-refractivity contribution in [2.75, 3.05) is 17.9 Å². The van der Waals surface area contributed by atoms with Crippen molar-refractivity contribution in [2.24, 2.45) is 0 Å². The van der Waals surface area contributed by atoms with E-state index in [2.05, 4.69) is 14.9 Å². The lowest BCUT2D eigenvalue weighted by Gasteiger charge is -2.11. The number of fused-ring (bicyclic) bond motifs is 1. The standard InChI is InChI=1S/C15H17N3O4S/c1-10-8-15(17-16-11(10)2)18-23(19,20)12-4-5-13-14(9-12)22-7-3-6-21-13/h4-5,8-9H,3,6-7H2,1-2H3,(H,17,18). The van der Waals surface area contributed by atoms with Gasteiger partial charge in [0.1, 0.15) is 0 Å². The van der Waals surface area contributed by atoms with Crippen LogP contribution in [0, 0.1) is 13.8 Å². The minimum atomic E-state index is -3.78. The Morgan fingerprint density at radius 1 is 1.04 bits per heavy atom. The molecule has 1 aliphatic heterocycles. The fraction of sp³-hybridized carbons (Fsp3) is 0.333. The molecule has 0 radical (unpaired) electrons. The van der Waals surface area contributed by atoms with E-state index in [-0.39, 0.29) is 10.7 Å². The van der Waals surface area contributed by atoms with Crippen molar-refractivity contribution in [2.45, 2.75) is 25.2 Å². The summed E-state index contributed by atoms with van der Waals surface area (Å²) in [5, 5.41) is 7.77. The van der Waals surface area contributed by atoms with E-state index in [1.54, 1.807) is 12.1 Å². The fourth-order valence-electron chi connectivity index (χ4n) is 2.10. The van der Waals surface area contributed by atoms with E-state index in [1.807, 2.05) is 13.8 Å². The van der Waals surface area contributed by atoms with Crippen molar-refractivity contribution in [3.05, 3.63) is 35.5 Å². The summed E-state index contributed by atoms with van der Waals surface area (Å²) >= 11 is 0. The molecule has 2 aromatic rings. The first-order valence-corrected chi connectivity index (χ1v) is 8.67. The van der Waals surface area contributed by atoms with Crippen LogP contribution < -0.4 is 14.2 Å². The largest absolute Gasteiger partial charge is 0.490 e. The van der Waals surface area contributed by atoms with Crippen molar-refractivity contribution in [3.63, 3.8) is 0 Å². The molecule has 8 heteroatoms. The summed E-state index contributed by atoms with van der Waals surface area (Å²) in [6.45, 7) is 4.70. The highest BCUT2D eigenvalue weighted by Gasteiger charge is 2.19. The van der Waals surface area contributed by atoms with Crippen LogP contribution in [0.15, 0.2) is 29.2 Å². The Balaban J connectivity index is 1.90. The van der Waals surface area contributed by atoms with Gasteiger partial charge in [0, 0.05) is 12.5 Å². The van der Waals surface area contributed by atoms with E-state index in [1.165, 1.54) is 12.1 Å². The van der Waals surface area contributed by atoms with Crippen LogP contribution in [-0.2, 0) is 10.0 Å². The second-order valence-electron chi connectivity index (χ2n) is 5.26. The van der Waals surface area contributed by atoms with Gasteiger partial charge >= 0.3 is 0 Å². The molecule has 3 rings (SSSR count). The molecule has 122 valence electrons. The molecule has 23 heavy (non-hydrogen) atoms. The van der Waals surface area contributed by atoms with Crippen LogP contribution in [0.4, 0.5) is 5.82 Å². The quantitative estimate of drug-likeness (QED) is 0.923. The number of aromatic nitrogens is 2. The number of rotatable bonds is 3. The van der Waals surface area contributed by atoms with Crippen LogP contribution in [0.2, 0.25) is 0 Å². The zero-order valence-corrected chi connectivity index (χ0v) is 13.7. The highest BCUT2D eigenvalue weighted by atomic mass is 32.2. The third-order valence-electron chi connectivity index (χ3n) is 3.50. The van der Waals surface area contributed by atoms with Crippen LogP contribution in [0.25, 0.3) is 0 Å². The van der Waals surface area contributed by atoms with Crippen molar-refractivity contribution in [1.82, 2.24) is 10.2 Å². The molecule has 0 bridgehead atoms. The van der Waals surface area contributed by atoms with Crippen molar-refractivity contribution in [1.29, 1.82) is 0 Å². The number of sulfonamides is 1. The molecule has 0 saturated carbocycles. The maximum absolute atomic E-state index is 12.5. The fourth-order valence-corrected chi connectivity index (χ4v) is 3.11. The molecule has 1 aromatic heterocycles. The second-order valence-corrected chi connectivity index (χ2v) is 6.94. The number of nitrogens with one attached hydrogen (secondary N) is 1. The van der Waals surface area contributed by atoms with E-state index in [0.29, 0.717) is 24.7 Å². The highest BCUT2D eigenvalue weighted by molar-refractivity contribution is 7.92. The number of hydrogen-bond acceptors (Lipinski definition) is 6. The summed E-state index contributed by atoms with van der Waals surface area (Å²) in [4.78, 5) is 0.0850. The third-order valence-corrected chi connectivity index (χ3v) is 4.85. The van der Waals surface area contributed by atoms with Crippen molar-refractivity contribution < 1.29 is 17.9 Å².